The predicted octanol–water partition coefficient (Wildman–Crippen LogP) is 5.04. The van der Waals surface area contributed by atoms with E-state index in [0.717, 1.165) is 16.7 Å². The molecule has 0 amide bonds. The number of sulfonamides is 1. The molecule has 33 heavy (non-hydrogen) atoms. The largest absolute Gasteiger partial charge is 0.497 e. The molecule has 1 heterocycles. The van der Waals surface area contributed by atoms with E-state index in [4.69, 9.17) is 4.74 Å². The van der Waals surface area contributed by atoms with Gasteiger partial charge in [-0.25, -0.2) is 8.42 Å². The minimum Gasteiger partial charge on any atom is -0.497 e. The van der Waals surface area contributed by atoms with E-state index in [1.54, 1.807) is 43.5 Å². The maximum absolute atomic E-state index is 13.8. The second kappa shape index (κ2) is 9.24. The highest BCUT2D eigenvalue weighted by Gasteiger charge is 2.39. The number of rotatable bonds is 6. The van der Waals surface area contributed by atoms with Crippen molar-refractivity contribution in [2.75, 3.05) is 13.7 Å². The first-order valence-electron chi connectivity index (χ1n) is 10.8. The van der Waals surface area contributed by atoms with Crippen LogP contribution < -0.4 is 4.74 Å². The summed E-state index contributed by atoms with van der Waals surface area (Å²) >= 11 is 0. The molecule has 0 aromatic heterocycles. The number of hydrogen-bond donors (Lipinski definition) is 0. The lowest BCUT2D eigenvalue weighted by Gasteiger charge is -2.38. The number of ketones is 1. The van der Waals surface area contributed by atoms with Gasteiger partial charge in [0.05, 0.1) is 17.7 Å². The van der Waals surface area contributed by atoms with Gasteiger partial charge < -0.3 is 4.74 Å². The summed E-state index contributed by atoms with van der Waals surface area (Å²) in [6.07, 6.45) is 1.92. The molecule has 0 saturated carbocycles. The lowest BCUT2D eigenvalue weighted by atomic mass is 9.80. The van der Waals surface area contributed by atoms with Gasteiger partial charge in [0.1, 0.15) is 11.5 Å². The summed E-state index contributed by atoms with van der Waals surface area (Å²) in [5.41, 5.74) is 3.26. The third-order valence-electron chi connectivity index (χ3n) is 6.10. The van der Waals surface area contributed by atoms with E-state index < -0.39 is 15.9 Å². The first kappa shape index (κ1) is 22.8. The molecule has 1 aliphatic rings. The van der Waals surface area contributed by atoms with E-state index in [1.807, 2.05) is 55.5 Å². The standard InChI is InChI=1S/C27H27NO4S/c1-19-9-15-24(16-10-19)33(30,31)28-18-26(20(2)29)25(21-7-5-4-6-8-21)17-27(28)22-11-13-23(32-3)14-12-22/h4-17,25-26H,18H2,1-3H3/t25-,26-/m1/s1. The van der Waals surface area contributed by atoms with Crippen LogP contribution in [-0.2, 0) is 14.8 Å². The molecular weight excluding hydrogens is 434 g/mol. The summed E-state index contributed by atoms with van der Waals surface area (Å²) in [7, 11) is -2.29. The molecule has 3 aromatic rings. The summed E-state index contributed by atoms with van der Waals surface area (Å²) < 4.78 is 34.2. The normalized spacial score (nSPS) is 18.5. The highest BCUT2D eigenvalue weighted by molar-refractivity contribution is 7.89. The molecule has 6 heteroatoms. The first-order valence-corrected chi connectivity index (χ1v) is 12.3. The van der Waals surface area contributed by atoms with Gasteiger partial charge in [-0.05, 0) is 61.4 Å². The third kappa shape index (κ3) is 4.57. The van der Waals surface area contributed by atoms with Crippen molar-refractivity contribution in [2.45, 2.75) is 24.7 Å². The van der Waals surface area contributed by atoms with Crippen LogP contribution in [0.15, 0.2) is 89.8 Å². The molecule has 5 nitrogen and oxygen atoms in total. The molecule has 0 unspecified atom stereocenters. The van der Waals surface area contributed by atoms with Gasteiger partial charge >= 0.3 is 0 Å². The maximum atomic E-state index is 13.8. The number of aryl methyl sites for hydroxylation is 1. The van der Waals surface area contributed by atoms with Crippen LogP contribution in [0.2, 0.25) is 0 Å². The summed E-state index contributed by atoms with van der Waals surface area (Å²) in [4.78, 5) is 12.9. The summed E-state index contributed by atoms with van der Waals surface area (Å²) in [5.74, 6) is -0.0813. The second-order valence-corrected chi connectivity index (χ2v) is 10.1. The molecule has 4 rings (SSSR count). The fourth-order valence-corrected chi connectivity index (χ4v) is 5.73. The van der Waals surface area contributed by atoms with Gasteiger partial charge in [0.2, 0.25) is 0 Å². The molecule has 170 valence electrons. The van der Waals surface area contributed by atoms with Crippen LogP contribution in [0, 0.1) is 12.8 Å². The van der Waals surface area contributed by atoms with Crippen LogP contribution in [0.5, 0.6) is 5.75 Å². The van der Waals surface area contributed by atoms with Crippen molar-refractivity contribution >= 4 is 21.5 Å². The average Bonchev–Trinajstić information content (AvgIpc) is 2.84. The zero-order chi connectivity index (χ0) is 23.6. The topological polar surface area (TPSA) is 63.7 Å². The Hall–Kier alpha value is -3.38. The Bertz CT molecular complexity index is 1260. The molecule has 1 aliphatic heterocycles. The average molecular weight is 462 g/mol. The molecule has 2 atom stereocenters. The van der Waals surface area contributed by atoms with Crippen molar-refractivity contribution in [3.05, 3.63) is 102 Å². The van der Waals surface area contributed by atoms with Gasteiger partial charge in [-0.3, -0.25) is 9.10 Å². The quantitative estimate of drug-likeness (QED) is 0.516. The lowest BCUT2D eigenvalue weighted by Crippen LogP contribution is -2.41. The first-order chi connectivity index (χ1) is 15.8. The van der Waals surface area contributed by atoms with E-state index in [1.165, 1.54) is 11.2 Å². The summed E-state index contributed by atoms with van der Waals surface area (Å²) in [6.45, 7) is 3.52. The molecule has 0 radical (unpaired) electrons. The SMILES string of the molecule is COc1ccc(C2=C[C@H](c3ccccc3)[C@@H](C(C)=O)CN2S(=O)(=O)c2ccc(C)cc2)cc1. The van der Waals surface area contributed by atoms with Crippen LogP contribution in [0.3, 0.4) is 0 Å². The molecule has 0 saturated heterocycles. The number of carbonyl (C=O) groups excluding carboxylic acids is 1. The number of carbonyl (C=O) groups is 1. The zero-order valence-corrected chi connectivity index (χ0v) is 19.7. The van der Waals surface area contributed by atoms with Crippen molar-refractivity contribution in [3.63, 3.8) is 0 Å². The number of allylic oxidation sites excluding steroid dienone is 1. The van der Waals surface area contributed by atoms with E-state index in [9.17, 15) is 13.2 Å². The number of Topliss-reactive ketones (excluding diaryl/α,β-unsaturated/α-hetero) is 1. The van der Waals surface area contributed by atoms with E-state index in [-0.39, 0.29) is 23.1 Å². The number of methoxy groups -OCH3 is 1. The van der Waals surface area contributed by atoms with Crippen LogP contribution >= 0.6 is 0 Å². The van der Waals surface area contributed by atoms with Gasteiger partial charge in [-0.1, -0.05) is 54.1 Å². The Labute approximate surface area is 195 Å². The highest BCUT2D eigenvalue weighted by Crippen LogP contribution is 2.40. The number of hydrogen-bond acceptors (Lipinski definition) is 4. The van der Waals surface area contributed by atoms with E-state index in [2.05, 4.69) is 0 Å². The fraction of sp³-hybridized carbons (Fsp3) is 0.222. The molecule has 0 spiro atoms. The number of nitrogens with zero attached hydrogens (tertiary/aromatic N) is 1. The molecule has 3 aromatic carbocycles. The van der Waals surface area contributed by atoms with Crippen molar-refractivity contribution in [1.82, 2.24) is 4.31 Å². The predicted molar refractivity (Wildman–Crippen MR) is 129 cm³/mol. The minimum absolute atomic E-state index is 0.0435. The number of ether oxygens (including phenoxy) is 1. The molecule has 0 bridgehead atoms. The molecule has 0 fully saturated rings. The Kier molecular flexibility index (Phi) is 6.38. The zero-order valence-electron chi connectivity index (χ0n) is 18.9. The van der Waals surface area contributed by atoms with E-state index >= 15 is 0 Å². The van der Waals surface area contributed by atoms with Crippen molar-refractivity contribution in [2.24, 2.45) is 5.92 Å². The molecule has 0 aliphatic carbocycles. The van der Waals surface area contributed by atoms with Crippen LogP contribution in [0.25, 0.3) is 5.70 Å². The summed E-state index contributed by atoms with van der Waals surface area (Å²) in [6, 6.07) is 23.8. The Balaban J connectivity index is 1.89. The second-order valence-electron chi connectivity index (χ2n) is 8.28. The van der Waals surface area contributed by atoms with Crippen molar-refractivity contribution in [3.8, 4) is 5.75 Å². The van der Waals surface area contributed by atoms with Crippen molar-refractivity contribution in [1.29, 1.82) is 0 Å². The van der Waals surface area contributed by atoms with Crippen LogP contribution in [0.1, 0.15) is 29.5 Å². The van der Waals surface area contributed by atoms with Gasteiger partial charge in [0.15, 0.2) is 0 Å². The highest BCUT2D eigenvalue weighted by atomic mass is 32.2. The van der Waals surface area contributed by atoms with E-state index in [0.29, 0.717) is 11.4 Å². The minimum atomic E-state index is -3.88. The van der Waals surface area contributed by atoms with Gasteiger partial charge in [0.25, 0.3) is 10.0 Å². The van der Waals surface area contributed by atoms with Gasteiger partial charge in [-0.2, -0.15) is 0 Å². The number of benzene rings is 3. The Morgan fingerprint density at radius 1 is 0.939 bits per heavy atom. The van der Waals surface area contributed by atoms with Crippen molar-refractivity contribution < 1.29 is 17.9 Å². The Morgan fingerprint density at radius 2 is 1.58 bits per heavy atom. The summed E-state index contributed by atoms with van der Waals surface area (Å²) in [5, 5.41) is 0. The van der Waals surface area contributed by atoms with Gasteiger partial charge in [-0.15, -0.1) is 0 Å². The smallest absolute Gasteiger partial charge is 0.264 e. The maximum Gasteiger partial charge on any atom is 0.264 e. The van der Waals surface area contributed by atoms with Gasteiger partial charge in [0, 0.05) is 18.4 Å². The van der Waals surface area contributed by atoms with Crippen LogP contribution in [-0.4, -0.2) is 32.2 Å². The lowest BCUT2D eigenvalue weighted by molar-refractivity contribution is -0.121. The Morgan fingerprint density at radius 3 is 2.15 bits per heavy atom. The third-order valence-corrected chi connectivity index (χ3v) is 7.90. The monoisotopic (exact) mass is 461 g/mol. The molecular formula is C27H27NO4S. The fourth-order valence-electron chi connectivity index (χ4n) is 4.21. The van der Waals surface area contributed by atoms with Crippen LogP contribution in [0.4, 0.5) is 0 Å². The molecule has 0 N–H and O–H groups in total.